The molecule has 0 saturated heterocycles. The number of benzene rings is 1. The van der Waals surface area contributed by atoms with Gasteiger partial charge in [-0.05, 0) is 42.7 Å². The monoisotopic (exact) mass is 424 g/mol. The highest BCUT2D eigenvalue weighted by Crippen LogP contribution is 2.25. The molecule has 0 aliphatic rings. The third-order valence-electron chi connectivity index (χ3n) is 4.28. The minimum Gasteiger partial charge on any atom is -0.495 e. The van der Waals surface area contributed by atoms with Gasteiger partial charge < -0.3 is 14.6 Å². The van der Waals surface area contributed by atoms with Crippen molar-refractivity contribution >= 4 is 29.3 Å². The van der Waals surface area contributed by atoms with Gasteiger partial charge in [-0.3, -0.25) is 4.79 Å². The Kier molecular flexibility index (Phi) is 9.12. The molecule has 2 aromatic rings. The molecule has 28 heavy (non-hydrogen) atoms. The fourth-order valence-electron chi connectivity index (χ4n) is 2.89. The molecule has 1 aromatic heterocycles. The zero-order valence-corrected chi connectivity index (χ0v) is 18.6. The smallest absolute Gasteiger partial charge is 0.220 e. The number of amides is 1. The van der Waals surface area contributed by atoms with Crippen LogP contribution < -0.4 is 10.1 Å². The van der Waals surface area contributed by atoms with Crippen molar-refractivity contribution in [1.82, 2.24) is 20.1 Å². The summed E-state index contributed by atoms with van der Waals surface area (Å²) in [4.78, 5) is 12.1. The Bertz CT molecular complexity index is 780. The quantitative estimate of drug-likeness (QED) is 0.436. The number of aromatic nitrogens is 3. The molecule has 2 rings (SSSR count). The molecule has 0 spiro atoms. The summed E-state index contributed by atoms with van der Waals surface area (Å²) >= 11 is 7.73. The van der Waals surface area contributed by atoms with Crippen molar-refractivity contribution in [3.8, 4) is 5.75 Å². The van der Waals surface area contributed by atoms with E-state index in [0.717, 1.165) is 35.9 Å². The lowest BCUT2D eigenvalue weighted by Crippen LogP contribution is -2.25. The Morgan fingerprint density at radius 1 is 1.32 bits per heavy atom. The molecule has 8 heteroatoms. The number of hydrogen-bond donors (Lipinski definition) is 1. The number of aryl methyl sites for hydroxylation is 2. The lowest BCUT2D eigenvalue weighted by molar-refractivity contribution is -0.121. The van der Waals surface area contributed by atoms with Gasteiger partial charge in [-0.25, -0.2) is 0 Å². The summed E-state index contributed by atoms with van der Waals surface area (Å²) in [6.07, 6.45) is 4.73. The van der Waals surface area contributed by atoms with Crippen LogP contribution >= 0.6 is 23.4 Å². The van der Waals surface area contributed by atoms with Crippen molar-refractivity contribution in [3.05, 3.63) is 34.6 Å². The van der Waals surface area contributed by atoms with Gasteiger partial charge >= 0.3 is 0 Å². The van der Waals surface area contributed by atoms with Gasteiger partial charge in [0.25, 0.3) is 0 Å². The van der Waals surface area contributed by atoms with E-state index in [4.69, 9.17) is 16.3 Å². The molecule has 0 saturated carbocycles. The van der Waals surface area contributed by atoms with Crippen LogP contribution in [0.5, 0.6) is 5.75 Å². The SMILES string of the molecule is COc1ccc(CCC(=O)NCCCc2nnc(SC)n2CC(C)C)cc1Cl. The number of rotatable bonds is 11. The Labute approximate surface area is 176 Å². The van der Waals surface area contributed by atoms with Crippen molar-refractivity contribution in [1.29, 1.82) is 0 Å². The summed E-state index contributed by atoms with van der Waals surface area (Å²) in [5, 5.41) is 13.1. The number of methoxy groups -OCH3 is 1. The summed E-state index contributed by atoms with van der Waals surface area (Å²) in [6, 6.07) is 5.60. The van der Waals surface area contributed by atoms with E-state index in [2.05, 4.69) is 33.9 Å². The first kappa shape index (κ1) is 22.6. The molecule has 0 unspecified atom stereocenters. The number of halogens is 1. The second-order valence-corrected chi connectivity index (χ2v) is 8.21. The van der Waals surface area contributed by atoms with Crippen molar-refractivity contribution in [2.45, 2.75) is 51.2 Å². The summed E-state index contributed by atoms with van der Waals surface area (Å²) in [5.74, 6) is 2.21. The summed E-state index contributed by atoms with van der Waals surface area (Å²) in [7, 11) is 1.58. The molecular weight excluding hydrogens is 396 g/mol. The van der Waals surface area contributed by atoms with Crippen molar-refractivity contribution in [2.24, 2.45) is 5.92 Å². The predicted octanol–water partition coefficient (Wildman–Crippen LogP) is 4.00. The molecule has 0 aliphatic carbocycles. The van der Waals surface area contributed by atoms with Crippen molar-refractivity contribution in [2.75, 3.05) is 19.9 Å². The maximum Gasteiger partial charge on any atom is 0.220 e. The first-order valence-corrected chi connectivity index (χ1v) is 11.1. The minimum atomic E-state index is 0.0420. The maximum atomic E-state index is 12.1. The molecule has 1 amide bonds. The van der Waals surface area contributed by atoms with Crippen LogP contribution in [0.4, 0.5) is 0 Å². The Morgan fingerprint density at radius 3 is 2.75 bits per heavy atom. The molecule has 0 bridgehead atoms. The van der Waals surface area contributed by atoms with E-state index in [-0.39, 0.29) is 5.91 Å². The van der Waals surface area contributed by atoms with Gasteiger partial charge in [-0.2, -0.15) is 0 Å². The van der Waals surface area contributed by atoms with E-state index in [0.29, 0.717) is 36.1 Å². The minimum absolute atomic E-state index is 0.0420. The number of nitrogens with zero attached hydrogens (tertiary/aromatic N) is 3. The van der Waals surface area contributed by atoms with Gasteiger partial charge in [0, 0.05) is 25.9 Å². The lowest BCUT2D eigenvalue weighted by atomic mass is 10.1. The molecule has 0 fully saturated rings. The molecule has 0 atom stereocenters. The highest BCUT2D eigenvalue weighted by atomic mass is 35.5. The van der Waals surface area contributed by atoms with E-state index < -0.39 is 0 Å². The van der Waals surface area contributed by atoms with E-state index in [1.165, 1.54) is 0 Å². The number of hydrogen-bond acceptors (Lipinski definition) is 5. The summed E-state index contributed by atoms with van der Waals surface area (Å²) in [6.45, 7) is 5.91. The van der Waals surface area contributed by atoms with Crippen molar-refractivity contribution < 1.29 is 9.53 Å². The van der Waals surface area contributed by atoms with Crippen LogP contribution in [0.1, 0.15) is 38.1 Å². The van der Waals surface area contributed by atoms with Crippen LogP contribution in [0, 0.1) is 5.92 Å². The third-order valence-corrected chi connectivity index (χ3v) is 5.24. The predicted molar refractivity (Wildman–Crippen MR) is 114 cm³/mol. The van der Waals surface area contributed by atoms with Gasteiger partial charge in [-0.15, -0.1) is 10.2 Å². The largest absolute Gasteiger partial charge is 0.495 e. The summed E-state index contributed by atoms with van der Waals surface area (Å²) < 4.78 is 7.33. The van der Waals surface area contributed by atoms with Crippen LogP contribution in [0.15, 0.2) is 23.4 Å². The molecule has 1 N–H and O–H groups in total. The Balaban J connectivity index is 1.74. The highest BCUT2D eigenvalue weighted by Gasteiger charge is 2.12. The molecule has 0 aliphatic heterocycles. The number of ether oxygens (including phenoxy) is 1. The lowest BCUT2D eigenvalue weighted by Gasteiger charge is -2.12. The summed E-state index contributed by atoms with van der Waals surface area (Å²) in [5.41, 5.74) is 1.02. The van der Waals surface area contributed by atoms with Crippen LogP contribution in [0.25, 0.3) is 0 Å². The maximum absolute atomic E-state index is 12.1. The highest BCUT2D eigenvalue weighted by molar-refractivity contribution is 7.98. The standard InChI is InChI=1S/C20H29ClN4O2S/c1-14(2)13-25-18(23-24-20(25)28-4)6-5-11-22-19(26)10-8-15-7-9-17(27-3)16(21)12-15/h7,9,12,14H,5-6,8,10-11,13H2,1-4H3,(H,22,26). The molecule has 6 nitrogen and oxygen atoms in total. The fourth-order valence-corrected chi connectivity index (χ4v) is 3.69. The Hall–Kier alpha value is -1.73. The molecule has 1 heterocycles. The first-order chi connectivity index (χ1) is 13.4. The first-order valence-electron chi connectivity index (χ1n) is 9.49. The second-order valence-electron chi connectivity index (χ2n) is 7.03. The van der Waals surface area contributed by atoms with Crippen LogP contribution in [-0.4, -0.2) is 40.6 Å². The van der Waals surface area contributed by atoms with Crippen molar-refractivity contribution in [3.63, 3.8) is 0 Å². The van der Waals surface area contributed by atoms with Crippen LogP contribution in [-0.2, 0) is 24.2 Å². The molecular formula is C20H29ClN4O2S. The zero-order valence-electron chi connectivity index (χ0n) is 17.0. The van der Waals surface area contributed by atoms with Gasteiger partial charge in [0.15, 0.2) is 5.16 Å². The van der Waals surface area contributed by atoms with E-state index in [1.807, 2.05) is 24.5 Å². The topological polar surface area (TPSA) is 69.0 Å². The number of carbonyl (C=O) groups is 1. The van der Waals surface area contributed by atoms with E-state index >= 15 is 0 Å². The van der Waals surface area contributed by atoms with Crippen LogP contribution in [0.3, 0.4) is 0 Å². The normalized spacial score (nSPS) is 11.1. The fraction of sp³-hybridized carbons (Fsp3) is 0.550. The number of carbonyl (C=O) groups excluding carboxylic acids is 1. The number of thioether (sulfide) groups is 1. The van der Waals surface area contributed by atoms with E-state index in [9.17, 15) is 4.79 Å². The van der Waals surface area contributed by atoms with Crippen LogP contribution in [0.2, 0.25) is 5.02 Å². The van der Waals surface area contributed by atoms with Gasteiger partial charge in [0.2, 0.25) is 5.91 Å². The molecule has 0 radical (unpaired) electrons. The Morgan fingerprint density at radius 2 is 2.11 bits per heavy atom. The average Bonchev–Trinajstić information content (AvgIpc) is 3.04. The van der Waals surface area contributed by atoms with E-state index in [1.54, 1.807) is 18.9 Å². The zero-order chi connectivity index (χ0) is 20.5. The molecule has 1 aromatic carbocycles. The average molecular weight is 425 g/mol. The van der Waals surface area contributed by atoms with Gasteiger partial charge in [0.1, 0.15) is 11.6 Å². The van der Waals surface area contributed by atoms with Gasteiger partial charge in [0.05, 0.1) is 12.1 Å². The van der Waals surface area contributed by atoms with Gasteiger partial charge in [-0.1, -0.05) is 43.3 Å². The number of nitrogens with one attached hydrogen (secondary N) is 1. The molecule has 154 valence electrons. The third kappa shape index (κ3) is 6.71. The second kappa shape index (κ2) is 11.3.